The minimum Gasteiger partial charge on any atom is -0.381 e. The van der Waals surface area contributed by atoms with Crippen molar-refractivity contribution in [1.29, 1.82) is 0 Å². The van der Waals surface area contributed by atoms with Crippen LogP contribution in [0.15, 0.2) is 24.3 Å². The quantitative estimate of drug-likeness (QED) is 0.943. The van der Waals surface area contributed by atoms with Gasteiger partial charge in [0.1, 0.15) is 5.69 Å². The second-order valence-corrected chi connectivity index (χ2v) is 6.00. The van der Waals surface area contributed by atoms with Gasteiger partial charge in [-0.1, -0.05) is 17.7 Å². The van der Waals surface area contributed by atoms with E-state index >= 15 is 0 Å². The number of benzene rings is 1. The van der Waals surface area contributed by atoms with Crippen LogP contribution in [-0.4, -0.2) is 30.2 Å². The second-order valence-electron chi connectivity index (χ2n) is 5.57. The lowest BCUT2D eigenvalue weighted by Gasteiger charge is -2.09. The predicted octanol–water partition coefficient (Wildman–Crippen LogP) is 2.99. The fraction of sp³-hybridized carbons (Fsp3) is 0.438. The third-order valence-electron chi connectivity index (χ3n) is 4.10. The number of aryl methyl sites for hydroxylation is 1. The van der Waals surface area contributed by atoms with Crippen LogP contribution in [0.2, 0.25) is 5.02 Å². The lowest BCUT2D eigenvalue weighted by atomic mass is 10.1. The Hall–Kier alpha value is -1.52. The molecule has 0 bridgehead atoms. The number of carbonyl (C=O) groups excluding carboxylic acids is 1. The van der Waals surface area contributed by atoms with Gasteiger partial charge in [0.05, 0.1) is 0 Å². The zero-order valence-electron chi connectivity index (χ0n) is 12.1. The fourth-order valence-electron chi connectivity index (χ4n) is 2.81. The van der Waals surface area contributed by atoms with Gasteiger partial charge in [0.2, 0.25) is 0 Å². The Morgan fingerprint density at radius 1 is 1.48 bits per heavy atom. The van der Waals surface area contributed by atoms with E-state index in [1.54, 1.807) is 0 Å². The standard InChI is InChI=1S/C16H19ClN2O2/c1-19-14-9-13(17)3-2-12(14)8-15(19)16(20)18-6-4-11-5-7-21-10-11/h2-3,8-9,11H,4-7,10H2,1H3,(H,18,20)/t11-/m0/s1. The molecule has 0 unspecified atom stereocenters. The topological polar surface area (TPSA) is 43.3 Å². The van der Waals surface area contributed by atoms with Crippen LogP contribution in [0.3, 0.4) is 0 Å². The number of amides is 1. The van der Waals surface area contributed by atoms with Crippen molar-refractivity contribution in [2.45, 2.75) is 12.8 Å². The number of nitrogens with one attached hydrogen (secondary N) is 1. The molecule has 5 heteroatoms. The number of nitrogens with zero attached hydrogens (tertiary/aromatic N) is 1. The molecule has 1 fully saturated rings. The van der Waals surface area contributed by atoms with Crippen molar-refractivity contribution in [1.82, 2.24) is 9.88 Å². The van der Waals surface area contributed by atoms with Gasteiger partial charge in [-0.05, 0) is 37.0 Å². The van der Waals surface area contributed by atoms with Crippen LogP contribution in [0.4, 0.5) is 0 Å². The maximum atomic E-state index is 12.3. The molecule has 2 heterocycles. The van der Waals surface area contributed by atoms with Crippen LogP contribution in [0, 0.1) is 5.92 Å². The lowest BCUT2D eigenvalue weighted by molar-refractivity contribution is 0.0942. The van der Waals surface area contributed by atoms with E-state index in [0.29, 0.717) is 23.2 Å². The summed E-state index contributed by atoms with van der Waals surface area (Å²) in [5.74, 6) is 0.542. The van der Waals surface area contributed by atoms with Gasteiger partial charge in [-0.15, -0.1) is 0 Å². The van der Waals surface area contributed by atoms with Gasteiger partial charge in [-0.3, -0.25) is 4.79 Å². The monoisotopic (exact) mass is 306 g/mol. The van der Waals surface area contributed by atoms with Crippen LogP contribution in [0.1, 0.15) is 23.3 Å². The predicted molar refractivity (Wildman–Crippen MR) is 83.8 cm³/mol. The lowest BCUT2D eigenvalue weighted by Crippen LogP contribution is -2.27. The van der Waals surface area contributed by atoms with Gasteiger partial charge in [0.15, 0.2) is 0 Å². The van der Waals surface area contributed by atoms with E-state index in [-0.39, 0.29) is 5.91 Å². The fourth-order valence-corrected chi connectivity index (χ4v) is 2.98. The number of fused-ring (bicyclic) bond motifs is 1. The first-order valence-corrected chi connectivity index (χ1v) is 7.64. The molecule has 1 N–H and O–H groups in total. The minimum atomic E-state index is -0.0382. The first kappa shape index (κ1) is 14.4. The van der Waals surface area contributed by atoms with Gasteiger partial charge in [0, 0.05) is 42.7 Å². The maximum absolute atomic E-state index is 12.3. The maximum Gasteiger partial charge on any atom is 0.267 e. The van der Waals surface area contributed by atoms with Crippen molar-refractivity contribution in [3.05, 3.63) is 35.0 Å². The van der Waals surface area contributed by atoms with E-state index in [1.807, 2.05) is 35.9 Å². The number of halogens is 1. The molecule has 1 aromatic carbocycles. The molecule has 1 aliphatic rings. The zero-order valence-corrected chi connectivity index (χ0v) is 12.8. The van der Waals surface area contributed by atoms with Gasteiger partial charge < -0.3 is 14.6 Å². The summed E-state index contributed by atoms with van der Waals surface area (Å²) in [5.41, 5.74) is 1.63. The average Bonchev–Trinajstić information content (AvgIpc) is 3.08. The molecular formula is C16H19ClN2O2. The van der Waals surface area contributed by atoms with Gasteiger partial charge in [-0.25, -0.2) is 0 Å². The third kappa shape index (κ3) is 3.06. The number of carbonyl (C=O) groups is 1. The van der Waals surface area contributed by atoms with Crippen molar-refractivity contribution in [2.75, 3.05) is 19.8 Å². The first-order chi connectivity index (χ1) is 10.1. The number of hydrogen-bond acceptors (Lipinski definition) is 2. The van der Waals surface area contributed by atoms with E-state index in [0.717, 1.165) is 37.0 Å². The Morgan fingerprint density at radius 2 is 2.33 bits per heavy atom. The number of aromatic nitrogens is 1. The molecule has 0 aliphatic carbocycles. The number of hydrogen-bond donors (Lipinski definition) is 1. The molecule has 112 valence electrons. The molecule has 0 spiro atoms. The highest BCUT2D eigenvalue weighted by molar-refractivity contribution is 6.31. The van der Waals surface area contributed by atoms with E-state index in [2.05, 4.69) is 5.32 Å². The summed E-state index contributed by atoms with van der Waals surface area (Å²) in [5, 5.41) is 4.70. The highest BCUT2D eigenvalue weighted by Gasteiger charge is 2.17. The van der Waals surface area contributed by atoms with Crippen molar-refractivity contribution in [3.8, 4) is 0 Å². The summed E-state index contributed by atoms with van der Waals surface area (Å²) in [7, 11) is 1.89. The molecule has 4 nitrogen and oxygen atoms in total. The van der Waals surface area contributed by atoms with Gasteiger partial charge in [0.25, 0.3) is 5.91 Å². The van der Waals surface area contributed by atoms with Gasteiger partial charge in [-0.2, -0.15) is 0 Å². The summed E-state index contributed by atoms with van der Waals surface area (Å²) < 4.78 is 7.22. The highest BCUT2D eigenvalue weighted by atomic mass is 35.5. The summed E-state index contributed by atoms with van der Waals surface area (Å²) in [6, 6.07) is 7.55. The average molecular weight is 307 g/mol. The van der Waals surface area contributed by atoms with E-state index in [4.69, 9.17) is 16.3 Å². The molecular weight excluding hydrogens is 288 g/mol. The van der Waals surface area contributed by atoms with E-state index in [1.165, 1.54) is 0 Å². The smallest absolute Gasteiger partial charge is 0.267 e. The molecule has 21 heavy (non-hydrogen) atoms. The molecule has 0 radical (unpaired) electrons. The highest BCUT2D eigenvalue weighted by Crippen LogP contribution is 2.22. The Labute approximate surface area is 129 Å². The molecule has 3 rings (SSSR count). The van der Waals surface area contributed by atoms with Crippen molar-refractivity contribution >= 4 is 28.4 Å². The Bertz CT molecular complexity index is 660. The van der Waals surface area contributed by atoms with Crippen LogP contribution in [0.25, 0.3) is 10.9 Å². The number of rotatable bonds is 4. The van der Waals surface area contributed by atoms with Crippen LogP contribution in [-0.2, 0) is 11.8 Å². The van der Waals surface area contributed by atoms with Crippen molar-refractivity contribution in [2.24, 2.45) is 13.0 Å². The summed E-state index contributed by atoms with van der Waals surface area (Å²) in [6.45, 7) is 2.36. The molecule has 1 atom stereocenters. The molecule has 1 saturated heterocycles. The molecule has 1 amide bonds. The normalized spacial score (nSPS) is 18.3. The van der Waals surface area contributed by atoms with Crippen LogP contribution in [0.5, 0.6) is 0 Å². The Kier molecular flexibility index (Phi) is 4.17. The third-order valence-corrected chi connectivity index (χ3v) is 4.34. The summed E-state index contributed by atoms with van der Waals surface area (Å²) in [4.78, 5) is 12.3. The largest absolute Gasteiger partial charge is 0.381 e. The Morgan fingerprint density at radius 3 is 3.10 bits per heavy atom. The zero-order chi connectivity index (χ0) is 14.8. The molecule has 0 saturated carbocycles. The summed E-state index contributed by atoms with van der Waals surface area (Å²) in [6.07, 6.45) is 2.07. The van der Waals surface area contributed by atoms with E-state index < -0.39 is 0 Å². The van der Waals surface area contributed by atoms with E-state index in [9.17, 15) is 4.79 Å². The molecule has 2 aromatic rings. The molecule has 1 aromatic heterocycles. The molecule has 1 aliphatic heterocycles. The summed E-state index contributed by atoms with van der Waals surface area (Å²) >= 11 is 6.01. The van der Waals surface area contributed by atoms with Crippen molar-refractivity contribution < 1.29 is 9.53 Å². The van der Waals surface area contributed by atoms with Crippen molar-refractivity contribution in [3.63, 3.8) is 0 Å². The van der Waals surface area contributed by atoms with Gasteiger partial charge >= 0.3 is 0 Å². The minimum absolute atomic E-state index is 0.0382. The SMILES string of the molecule is Cn1c(C(=O)NCC[C@H]2CCOC2)cc2ccc(Cl)cc21. The number of ether oxygens (including phenoxy) is 1. The second kappa shape index (κ2) is 6.08. The van der Waals surface area contributed by atoms with Crippen LogP contribution < -0.4 is 5.32 Å². The first-order valence-electron chi connectivity index (χ1n) is 7.26. The Balaban J connectivity index is 1.67. The van der Waals surface area contributed by atoms with Crippen LogP contribution >= 0.6 is 11.6 Å².